The summed E-state index contributed by atoms with van der Waals surface area (Å²) in [4.78, 5) is 23.9. The molecule has 0 radical (unpaired) electrons. The van der Waals surface area contributed by atoms with Crippen LogP contribution in [0, 0.1) is 0 Å². The zero-order valence-electron chi connectivity index (χ0n) is 19.5. The summed E-state index contributed by atoms with van der Waals surface area (Å²) in [7, 11) is -5.07. The van der Waals surface area contributed by atoms with Crippen molar-refractivity contribution in [2.24, 2.45) is 0 Å². The van der Waals surface area contributed by atoms with Gasteiger partial charge in [-0.25, -0.2) is 0 Å². The van der Waals surface area contributed by atoms with Crippen LogP contribution in [0.1, 0.15) is 83.1 Å². The predicted molar refractivity (Wildman–Crippen MR) is 124 cm³/mol. The molecule has 0 heterocycles. The molecule has 0 amide bonds. The Balaban J connectivity index is 3.57. The average Bonchev–Trinajstić information content (AvgIpc) is 2.40. The summed E-state index contributed by atoms with van der Waals surface area (Å²) in [6.45, 7) is 24.7. The summed E-state index contributed by atoms with van der Waals surface area (Å²) in [5.41, 5.74) is 0. The summed E-state index contributed by atoms with van der Waals surface area (Å²) in [6.07, 6.45) is 0. The molecule has 0 spiro atoms. The SMILES string of the molecule is CC(C)(C)P(Oc1cccc(P(O)(O)(C(C)(C)C)C(C)(C)C)c1)C(C)(C)C. The van der Waals surface area contributed by atoms with Crippen molar-refractivity contribution in [3.63, 3.8) is 0 Å². The fraction of sp³-hybridized carbons (Fsp3) is 0.727. The molecule has 0 saturated carbocycles. The van der Waals surface area contributed by atoms with Crippen molar-refractivity contribution in [1.82, 2.24) is 0 Å². The molecule has 0 fully saturated rings. The summed E-state index contributed by atoms with van der Waals surface area (Å²) < 4.78 is 6.51. The van der Waals surface area contributed by atoms with Crippen LogP contribution in [0.2, 0.25) is 0 Å². The van der Waals surface area contributed by atoms with E-state index in [1.165, 1.54) is 0 Å². The minimum atomic E-state index is -4.28. The maximum atomic E-state index is 11.9. The minimum absolute atomic E-state index is 0.0155. The van der Waals surface area contributed by atoms with Crippen molar-refractivity contribution in [1.29, 1.82) is 0 Å². The van der Waals surface area contributed by atoms with E-state index >= 15 is 0 Å². The molecule has 2 N–H and O–H groups in total. The van der Waals surface area contributed by atoms with Gasteiger partial charge in [0.25, 0.3) is 0 Å². The second-order valence-corrected chi connectivity index (χ2v) is 20.3. The van der Waals surface area contributed by atoms with E-state index in [4.69, 9.17) is 4.52 Å². The number of benzene rings is 1. The zero-order valence-corrected chi connectivity index (χ0v) is 21.3. The Morgan fingerprint density at radius 2 is 1.15 bits per heavy atom. The topological polar surface area (TPSA) is 49.7 Å². The van der Waals surface area contributed by atoms with E-state index < -0.39 is 25.5 Å². The van der Waals surface area contributed by atoms with E-state index in [1.807, 2.05) is 65.8 Å². The fourth-order valence-electron chi connectivity index (χ4n) is 3.97. The summed E-state index contributed by atoms with van der Waals surface area (Å²) in [6, 6.07) is 7.52. The van der Waals surface area contributed by atoms with E-state index in [-0.39, 0.29) is 10.3 Å². The van der Waals surface area contributed by atoms with Gasteiger partial charge in [-0.1, -0.05) is 0 Å². The van der Waals surface area contributed by atoms with Crippen LogP contribution in [0.15, 0.2) is 24.3 Å². The van der Waals surface area contributed by atoms with Gasteiger partial charge in [-0.05, 0) is 0 Å². The molecule has 0 aromatic heterocycles. The first-order valence-corrected chi connectivity index (χ1v) is 13.1. The molecule has 0 aliphatic heterocycles. The Morgan fingerprint density at radius 3 is 1.48 bits per heavy atom. The van der Waals surface area contributed by atoms with Gasteiger partial charge in [-0.3, -0.25) is 0 Å². The Morgan fingerprint density at radius 1 is 0.741 bits per heavy atom. The first-order chi connectivity index (χ1) is 11.6. The first-order valence-electron chi connectivity index (χ1n) is 9.73. The Kier molecular flexibility index (Phi) is 6.39. The summed E-state index contributed by atoms with van der Waals surface area (Å²) >= 11 is 0. The van der Waals surface area contributed by atoms with E-state index in [9.17, 15) is 9.79 Å². The zero-order chi connectivity index (χ0) is 21.7. The van der Waals surface area contributed by atoms with Gasteiger partial charge in [0.05, 0.1) is 0 Å². The van der Waals surface area contributed by atoms with Crippen LogP contribution in [0.25, 0.3) is 0 Å². The van der Waals surface area contributed by atoms with Gasteiger partial charge >= 0.3 is 169 Å². The van der Waals surface area contributed by atoms with Gasteiger partial charge in [-0.15, -0.1) is 0 Å². The van der Waals surface area contributed by atoms with Crippen molar-refractivity contribution in [3.05, 3.63) is 24.3 Å². The molecule has 1 aromatic carbocycles. The molecule has 0 aliphatic rings. The Labute approximate surface area is 168 Å². The van der Waals surface area contributed by atoms with E-state index in [2.05, 4.69) is 41.5 Å². The number of hydrogen-bond donors (Lipinski definition) is 2. The number of rotatable bonds is 3. The molecular formula is C22H42O3P2. The van der Waals surface area contributed by atoms with Gasteiger partial charge < -0.3 is 0 Å². The van der Waals surface area contributed by atoms with Gasteiger partial charge in [0.2, 0.25) is 0 Å². The third kappa shape index (κ3) is 4.37. The first kappa shape index (κ1) is 24.8. The third-order valence-electron chi connectivity index (χ3n) is 5.26. The second-order valence-electron chi connectivity index (χ2n) is 11.6. The molecule has 1 aromatic rings. The summed E-state index contributed by atoms with van der Waals surface area (Å²) in [5, 5.41) is -0.734. The Hall–Kier alpha value is -0.200. The van der Waals surface area contributed by atoms with Gasteiger partial charge in [0.1, 0.15) is 0 Å². The van der Waals surface area contributed by atoms with Crippen LogP contribution in [-0.2, 0) is 0 Å². The predicted octanol–water partition coefficient (Wildman–Crippen LogP) is 6.65. The van der Waals surface area contributed by atoms with Crippen LogP contribution in [0.4, 0.5) is 0 Å². The van der Waals surface area contributed by atoms with Crippen LogP contribution < -0.4 is 9.83 Å². The Bertz CT molecular complexity index is 637. The van der Waals surface area contributed by atoms with E-state index in [0.717, 1.165) is 0 Å². The van der Waals surface area contributed by atoms with Crippen molar-refractivity contribution < 1.29 is 14.3 Å². The van der Waals surface area contributed by atoms with Crippen LogP contribution in [0.5, 0.6) is 5.75 Å². The molecule has 0 aliphatic carbocycles. The van der Waals surface area contributed by atoms with Crippen LogP contribution in [0.3, 0.4) is 0 Å². The number of hydrogen-bond acceptors (Lipinski definition) is 3. The van der Waals surface area contributed by atoms with E-state index in [1.54, 1.807) is 0 Å². The molecule has 0 unspecified atom stereocenters. The van der Waals surface area contributed by atoms with Gasteiger partial charge in [0, 0.05) is 0 Å². The quantitative estimate of drug-likeness (QED) is 0.542. The van der Waals surface area contributed by atoms with E-state index in [0.29, 0.717) is 11.1 Å². The van der Waals surface area contributed by atoms with Crippen molar-refractivity contribution in [2.75, 3.05) is 0 Å². The average molecular weight is 417 g/mol. The fourth-order valence-corrected chi connectivity index (χ4v) is 11.2. The van der Waals surface area contributed by atoms with Crippen molar-refractivity contribution in [3.8, 4) is 5.75 Å². The van der Waals surface area contributed by atoms with Crippen LogP contribution in [-0.4, -0.2) is 30.4 Å². The molecule has 0 bridgehead atoms. The summed E-state index contributed by atoms with van der Waals surface area (Å²) in [5.74, 6) is 0.717. The van der Waals surface area contributed by atoms with Gasteiger partial charge in [0.15, 0.2) is 0 Å². The standard InChI is InChI=1S/C22H42O3P2/c1-19(2,3)26(20(4,5)6)25-17-14-13-15-18(16-17)27(23,24,21(7,8)9)22(10,11)12/h13-16,23-24H,1-12H3. The second kappa shape index (κ2) is 6.94. The normalized spacial score (nSPS) is 16.2. The monoisotopic (exact) mass is 416 g/mol. The molecule has 158 valence electrons. The molecule has 1 rings (SSSR count). The molecule has 5 heteroatoms. The molecular weight excluding hydrogens is 374 g/mol. The third-order valence-corrected chi connectivity index (χ3v) is 14.4. The molecule has 0 saturated heterocycles. The molecule has 3 nitrogen and oxygen atoms in total. The molecule has 27 heavy (non-hydrogen) atoms. The van der Waals surface area contributed by atoms with Crippen LogP contribution >= 0.6 is 15.2 Å². The maximum absolute atomic E-state index is 11.9. The van der Waals surface area contributed by atoms with Crippen molar-refractivity contribution >= 4 is 20.5 Å². The molecule has 0 atom stereocenters. The van der Waals surface area contributed by atoms with Crippen molar-refractivity contribution in [2.45, 2.75) is 104 Å². The van der Waals surface area contributed by atoms with Gasteiger partial charge in [-0.2, -0.15) is 0 Å².